The third-order valence-corrected chi connectivity index (χ3v) is 8.10. The molecular formula is C22H25ClN2O7S2. The zero-order valence-electron chi connectivity index (χ0n) is 18.8. The van der Waals surface area contributed by atoms with Gasteiger partial charge in [-0.15, -0.1) is 11.3 Å². The predicted molar refractivity (Wildman–Crippen MR) is 128 cm³/mol. The highest BCUT2D eigenvalue weighted by atomic mass is 35.5. The van der Waals surface area contributed by atoms with Crippen molar-refractivity contribution < 1.29 is 32.3 Å². The number of sulfonamides is 1. The largest absolute Gasteiger partial charge is 0.465 e. The lowest BCUT2D eigenvalue weighted by Gasteiger charge is -2.20. The third kappa shape index (κ3) is 5.96. The lowest BCUT2D eigenvalue weighted by molar-refractivity contribution is -0.150. The summed E-state index contributed by atoms with van der Waals surface area (Å²) in [6.07, 6.45) is 2.47. The Labute approximate surface area is 206 Å². The smallest absolute Gasteiger partial charge is 0.341 e. The van der Waals surface area contributed by atoms with Crippen LogP contribution >= 0.6 is 22.9 Å². The van der Waals surface area contributed by atoms with E-state index in [2.05, 4.69) is 10.0 Å². The number of thiophene rings is 1. The number of halogens is 1. The van der Waals surface area contributed by atoms with Gasteiger partial charge < -0.3 is 14.8 Å². The second-order valence-corrected chi connectivity index (χ2v) is 11.3. The quantitative estimate of drug-likeness (QED) is 0.478. The average molecular weight is 529 g/mol. The molecule has 34 heavy (non-hydrogen) atoms. The summed E-state index contributed by atoms with van der Waals surface area (Å²) >= 11 is 7.17. The molecule has 3 rings (SSSR count). The Hall–Kier alpha value is -2.47. The number of fused-ring (bicyclic) bond motifs is 1. The minimum Gasteiger partial charge on any atom is -0.465 e. The van der Waals surface area contributed by atoms with Gasteiger partial charge in [-0.2, -0.15) is 4.72 Å². The van der Waals surface area contributed by atoms with Gasteiger partial charge in [0.2, 0.25) is 10.0 Å². The maximum absolute atomic E-state index is 12.7. The molecule has 9 nitrogen and oxygen atoms in total. The number of ether oxygens (including phenoxy) is 2. The van der Waals surface area contributed by atoms with Gasteiger partial charge >= 0.3 is 11.9 Å². The Balaban J connectivity index is 1.66. The predicted octanol–water partition coefficient (Wildman–Crippen LogP) is 3.16. The van der Waals surface area contributed by atoms with Crippen molar-refractivity contribution in [1.29, 1.82) is 0 Å². The molecule has 2 N–H and O–H groups in total. The van der Waals surface area contributed by atoms with Gasteiger partial charge in [-0.05, 0) is 48.9 Å². The average Bonchev–Trinajstić information content (AvgIpc) is 3.36. The summed E-state index contributed by atoms with van der Waals surface area (Å²) in [6, 6.07) is 4.39. The first-order chi connectivity index (χ1) is 16.0. The summed E-state index contributed by atoms with van der Waals surface area (Å²) in [4.78, 5) is 38.2. The molecule has 12 heteroatoms. The molecule has 1 aromatic carbocycles. The van der Waals surface area contributed by atoms with Crippen molar-refractivity contribution >= 4 is 55.8 Å². The first kappa shape index (κ1) is 26.1. The molecule has 1 amide bonds. The summed E-state index contributed by atoms with van der Waals surface area (Å²) in [5.74, 6) is -2.56. The van der Waals surface area contributed by atoms with E-state index in [-0.39, 0.29) is 9.92 Å². The van der Waals surface area contributed by atoms with Gasteiger partial charge in [0.1, 0.15) is 11.0 Å². The number of carbonyl (C=O) groups is 3. The van der Waals surface area contributed by atoms with Crippen LogP contribution in [0.2, 0.25) is 5.02 Å². The van der Waals surface area contributed by atoms with Crippen molar-refractivity contribution in [1.82, 2.24) is 4.72 Å². The van der Waals surface area contributed by atoms with Crippen LogP contribution in [0.4, 0.5) is 5.00 Å². The van der Waals surface area contributed by atoms with Crippen molar-refractivity contribution in [3.63, 3.8) is 0 Å². The van der Waals surface area contributed by atoms with Crippen molar-refractivity contribution in [3.8, 4) is 0 Å². The second-order valence-electron chi connectivity index (χ2n) is 8.01. The molecule has 0 radical (unpaired) electrons. The molecule has 0 bridgehead atoms. The van der Waals surface area contributed by atoms with Gasteiger partial charge in [0.15, 0.2) is 6.61 Å². The molecule has 0 saturated heterocycles. The van der Waals surface area contributed by atoms with Gasteiger partial charge in [-0.1, -0.05) is 31.5 Å². The van der Waals surface area contributed by atoms with E-state index in [0.29, 0.717) is 10.6 Å². The molecule has 1 aliphatic carbocycles. The molecule has 0 spiro atoms. The van der Waals surface area contributed by atoms with Crippen molar-refractivity contribution in [2.75, 3.05) is 19.0 Å². The van der Waals surface area contributed by atoms with Crippen LogP contribution in [0, 0.1) is 5.92 Å². The van der Waals surface area contributed by atoms with Crippen molar-refractivity contribution in [2.24, 2.45) is 5.92 Å². The van der Waals surface area contributed by atoms with E-state index >= 15 is 0 Å². The van der Waals surface area contributed by atoms with E-state index in [0.717, 1.165) is 29.7 Å². The normalized spacial score (nSPS) is 13.9. The fourth-order valence-electron chi connectivity index (χ4n) is 3.53. The fraction of sp³-hybridized carbons (Fsp3) is 0.409. The molecule has 184 valence electrons. The summed E-state index contributed by atoms with van der Waals surface area (Å²) < 4.78 is 37.6. The van der Waals surface area contributed by atoms with Crippen LogP contribution < -0.4 is 10.0 Å². The number of aryl methyl sites for hydroxylation is 1. The number of benzene rings is 1. The summed E-state index contributed by atoms with van der Waals surface area (Å²) in [7, 11) is -2.79. The Kier molecular flexibility index (Phi) is 8.34. The number of hydrogen-bond donors (Lipinski definition) is 2. The van der Waals surface area contributed by atoms with Crippen LogP contribution in [0.1, 0.15) is 41.1 Å². The first-order valence-corrected chi connectivity index (χ1v) is 13.2. The lowest BCUT2D eigenvalue weighted by Crippen LogP contribution is -2.45. The van der Waals surface area contributed by atoms with E-state index in [4.69, 9.17) is 21.1 Å². The van der Waals surface area contributed by atoms with Gasteiger partial charge in [-0.3, -0.25) is 9.59 Å². The van der Waals surface area contributed by atoms with Crippen molar-refractivity contribution in [3.05, 3.63) is 45.3 Å². The molecule has 0 unspecified atom stereocenters. The SMILES string of the molecule is COC(=O)c1c(NC(=O)COC(=O)[C@@H](NS(=O)(=O)c2cccc(Cl)c2)C(C)C)sc2c1CCC2. The first-order valence-electron chi connectivity index (χ1n) is 10.5. The van der Waals surface area contributed by atoms with E-state index < -0.39 is 46.4 Å². The number of methoxy groups -OCH3 is 1. The number of esters is 2. The Morgan fingerprint density at radius 3 is 2.59 bits per heavy atom. The Bertz CT molecular complexity index is 1210. The van der Waals surface area contributed by atoms with E-state index in [1.54, 1.807) is 13.8 Å². The number of amides is 1. The molecule has 0 fully saturated rings. The number of anilines is 1. The molecule has 0 aliphatic heterocycles. The second kappa shape index (κ2) is 10.9. The standard InChI is InChI=1S/C22H25ClN2O7S2/c1-12(2)19(25-34(29,30)14-7-4-6-13(23)10-14)22(28)32-11-17(26)24-20-18(21(27)31-3)15-8-5-9-16(15)33-20/h4,6-7,10,12,19,25H,5,8-9,11H2,1-3H3,(H,24,26)/t19-/m0/s1. The summed E-state index contributed by atoms with van der Waals surface area (Å²) in [5, 5.41) is 3.18. The summed E-state index contributed by atoms with van der Waals surface area (Å²) in [5.41, 5.74) is 1.20. The number of carbonyl (C=O) groups excluding carboxylic acids is 3. The highest BCUT2D eigenvalue weighted by Gasteiger charge is 2.31. The van der Waals surface area contributed by atoms with E-state index in [1.165, 1.54) is 42.7 Å². The van der Waals surface area contributed by atoms with Gasteiger partial charge in [0, 0.05) is 9.90 Å². The Morgan fingerprint density at radius 1 is 1.21 bits per heavy atom. The maximum atomic E-state index is 12.7. The third-order valence-electron chi connectivity index (χ3n) is 5.22. The van der Waals surface area contributed by atoms with Gasteiger partial charge in [0.05, 0.1) is 17.6 Å². The molecular weight excluding hydrogens is 504 g/mol. The zero-order chi connectivity index (χ0) is 25.0. The molecule has 1 aliphatic rings. The molecule has 1 heterocycles. The highest BCUT2D eigenvalue weighted by Crippen LogP contribution is 2.39. The van der Waals surface area contributed by atoms with Crippen LogP contribution in [0.25, 0.3) is 0 Å². The summed E-state index contributed by atoms with van der Waals surface area (Å²) in [6.45, 7) is 2.63. The number of hydrogen-bond acceptors (Lipinski definition) is 8. The minimum atomic E-state index is -4.06. The van der Waals surface area contributed by atoms with E-state index in [9.17, 15) is 22.8 Å². The van der Waals surface area contributed by atoms with Crippen LogP contribution in [0.3, 0.4) is 0 Å². The molecule has 2 aromatic rings. The van der Waals surface area contributed by atoms with Crippen LogP contribution in [-0.2, 0) is 41.9 Å². The zero-order valence-corrected chi connectivity index (χ0v) is 21.2. The highest BCUT2D eigenvalue weighted by molar-refractivity contribution is 7.89. The minimum absolute atomic E-state index is 0.0997. The van der Waals surface area contributed by atoms with Crippen LogP contribution in [0.15, 0.2) is 29.2 Å². The van der Waals surface area contributed by atoms with Gasteiger partial charge in [0.25, 0.3) is 5.91 Å². The van der Waals surface area contributed by atoms with E-state index in [1.807, 2.05) is 0 Å². The van der Waals surface area contributed by atoms with Crippen molar-refractivity contribution in [2.45, 2.75) is 44.0 Å². The van der Waals surface area contributed by atoms with Gasteiger partial charge in [-0.25, -0.2) is 13.2 Å². The fourth-order valence-corrected chi connectivity index (χ4v) is 6.45. The Morgan fingerprint density at radius 2 is 1.94 bits per heavy atom. The van der Waals surface area contributed by atoms with Crippen LogP contribution in [-0.4, -0.2) is 46.0 Å². The topological polar surface area (TPSA) is 128 Å². The number of rotatable bonds is 9. The molecule has 0 saturated carbocycles. The van der Waals surface area contributed by atoms with Crippen LogP contribution in [0.5, 0.6) is 0 Å². The molecule has 1 atom stereocenters. The molecule has 1 aromatic heterocycles. The number of nitrogens with one attached hydrogen (secondary N) is 2. The lowest BCUT2D eigenvalue weighted by atomic mass is 10.1. The monoisotopic (exact) mass is 528 g/mol. The maximum Gasteiger partial charge on any atom is 0.341 e.